The molecule has 0 aromatic heterocycles. The first-order valence-corrected chi connectivity index (χ1v) is 3.26. The van der Waals surface area contributed by atoms with Gasteiger partial charge in [-0.2, -0.15) is 0 Å². The summed E-state index contributed by atoms with van der Waals surface area (Å²) in [5, 5.41) is 3.89. The van der Waals surface area contributed by atoms with Crippen LogP contribution in [0.25, 0.3) is 0 Å². The van der Waals surface area contributed by atoms with Crippen LogP contribution in [0.5, 0.6) is 0 Å². The zero-order chi connectivity index (χ0) is 5.70. The van der Waals surface area contributed by atoms with E-state index in [1.807, 2.05) is 13.3 Å². The number of nitrogens with one attached hydrogen (secondary N) is 1. The average molecular weight is 118 g/mol. The van der Waals surface area contributed by atoms with Crippen LogP contribution in [0.4, 0.5) is 0 Å². The minimum atomic E-state index is 0.972. The van der Waals surface area contributed by atoms with Crippen LogP contribution in [0.2, 0.25) is 0 Å². The molecule has 1 N–H and O–H groups in total. The van der Waals surface area contributed by atoms with Gasteiger partial charge in [-0.3, -0.25) is 4.99 Å². The van der Waals surface area contributed by atoms with Crippen LogP contribution in [0.3, 0.4) is 0 Å². The quantitative estimate of drug-likeness (QED) is 0.371. The summed E-state index contributed by atoms with van der Waals surface area (Å²) in [7, 11) is 3.63. The van der Waals surface area contributed by atoms with Crippen molar-refractivity contribution in [1.29, 1.82) is 0 Å². The lowest BCUT2D eigenvalue weighted by atomic mass is 11.1. The molecular formula is C4H10N2S. The Morgan fingerprint density at radius 3 is 2.29 bits per heavy atom. The fourth-order valence-corrected chi connectivity index (χ4v) is 0.692. The van der Waals surface area contributed by atoms with Gasteiger partial charge in [0.15, 0.2) is 5.17 Å². The highest BCUT2D eigenvalue weighted by molar-refractivity contribution is 8.13. The van der Waals surface area contributed by atoms with Crippen molar-refractivity contribution in [2.24, 2.45) is 4.99 Å². The first-order valence-electron chi connectivity index (χ1n) is 2.03. The summed E-state index contributed by atoms with van der Waals surface area (Å²) in [6.07, 6.45) is 1.98. The summed E-state index contributed by atoms with van der Waals surface area (Å²) in [4.78, 5) is 3.89. The molecule has 0 saturated carbocycles. The normalized spacial score (nSPS) is 11.6. The third kappa shape index (κ3) is 2.51. The summed E-state index contributed by atoms with van der Waals surface area (Å²) in [6.45, 7) is 0. The molecule has 0 bridgehead atoms. The van der Waals surface area contributed by atoms with Gasteiger partial charge in [-0.15, -0.1) is 0 Å². The van der Waals surface area contributed by atoms with Gasteiger partial charge in [0.2, 0.25) is 0 Å². The van der Waals surface area contributed by atoms with Gasteiger partial charge in [0.1, 0.15) is 0 Å². The molecule has 0 aromatic rings. The van der Waals surface area contributed by atoms with E-state index < -0.39 is 0 Å². The number of nitrogens with zero attached hydrogens (tertiary/aromatic N) is 1. The predicted octanol–water partition coefficient (Wildman–Crippen LogP) is 0.555. The standard InChI is InChI=1S/C4H10N2S/c1-5-4(6-2)7-3/h1-3H3,(H,5,6). The minimum absolute atomic E-state index is 0.972. The van der Waals surface area contributed by atoms with Crippen molar-refractivity contribution in [3.63, 3.8) is 0 Å². The fraction of sp³-hybridized carbons (Fsp3) is 0.750. The Morgan fingerprint density at radius 1 is 1.71 bits per heavy atom. The van der Waals surface area contributed by atoms with Crippen LogP contribution in [-0.2, 0) is 0 Å². The maximum absolute atomic E-state index is 3.89. The SMILES string of the molecule is C/N=C(\NC)SC. The van der Waals surface area contributed by atoms with Gasteiger partial charge in [0, 0.05) is 14.1 Å². The van der Waals surface area contributed by atoms with Gasteiger partial charge in [0.25, 0.3) is 0 Å². The Labute approximate surface area is 48.4 Å². The van der Waals surface area contributed by atoms with Gasteiger partial charge < -0.3 is 5.32 Å². The van der Waals surface area contributed by atoms with Crippen LogP contribution < -0.4 is 5.32 Å². The van der Waals surface area contributed by atoms with Crippen molar-refractivity contribution in [1.82, 2.24) is 5.32 Å². The van der Waals surface area contributed by atoms with Gasteiger partial charge in [-0.1, -0.05) is 11.8 Å². The Kier molecular flexibility index (Phi) is 3.89. The Morgan fingerprint density at radius 2 is 2.29 bits per heavy atom. The molecule has 7 heavy (non-hydrogen) atoms. The summed E-state index contributed by atoms with van der Waals surface area (Å²) in [5.41, 5.74) is 0. The number of aliphatic imine (C=N–C) groups is 1. The molecule has 0 spiro atoms. The molecule has 0 aliphatic rings. The summed E-state index contributed by atoms with van der Waals surface area (Å²) in [5.74, 6) is 0. The van der Waals surface area contributed by atoms with E-state index in [0.29, 0.717) is 0 Å². The van der Waals surface area contributed by atoms with E-state index in [1.165, 1.54) is 0 Å². The topological polar surface area (TPSA) is 24.4 Å². The molecule has 0 atom stereocenters. The van der Waals surface area contributed by atoms with Crippen molar-refractivity contribution >= 4 is 16.9 Å². The van der Waals surface area contributed by atoms with E-state index in [0.717, 1.165) is 5.17 Å². The minimum Gasteiger partial charge on any atom is -0.368 e. The average Bonchev–Trinajstić information content (AvgIpc) is 1.72. The second-order valence-electron chi connectivity index (χ2n) is 0.983. The van der Waals surface area contributed by atoms with E-state index in [4.69, 9.17) is 0 Å². The first-order chi connectivity index (χ1) is 3.35. The van der Waals surface area contributed by atoms with Crippen LogP contribution in [-0.4, -0.2) is 25.5 Å². The molecule has 3 heteroatoms. The van der Waals surface area contributed by atoms with Crippen molar-refractivity contribution in [2.45, 2.75) is 0 Å². The number of amidine groups is 1. The van der Waals surface area contributed by atoms with Crippen LogP contribution >= 0.6 is 11.8 Å². The number of hydrogen-bond acceptors (Lipinski definition) is 2. The molecule has 42 valence electrons. The third-order valence-corrected chi connectivity index (χ3v) is 1.38. The lowest BCUT2D eigenvalue weighted by Crippen LogP contribution is -2.12. The zero-order valence-electron chi connectivity index (χ0n) is 4.86. The van der Waals surface area contributed by atoms with Crippen molar-refractivity contribution in [3.05, 3.63) is 0 Å². The van der Waals surface area contributed by atoms with Gasteiger partial charge in [0.05, 0.1) is 0 Å². The molecule has 0 fully saturated rings. The molecule has 0 rings (SSSR count). The zero-order valence-corrected chi connectivity index (χ0v) is 5.67. The van der Waals surface area contributed by atoms with Crippen molar-refractivity contribution < 1.29 is 0 Å². The lowest BCUT2D eigenvalue weighted by molar-refractivity contribution is 1.18. The van der Waals surface area contributed by atoms with Crippen LogP contribution in [0, 0.1) is 0 Å². The second kappa shape index (κ2) is 3.99. The molecule has 0 aliphatic carbocycles. The van der Waals surface area contributed by atoms with E-state index in [-0.39, 0.29) is 0 Å². The van der Waals surface area contributed by atoms with Crippen LogP contribution in [0.15, 0.2) is 4.99 Å². The van der Waals surface area contributed by atoms with Crippen molar-refractivity contribution in [3.8, 4) is 0 Å². The number of thioether (sulfide) groups is 1. The second-order valence-corrected chi connectivity index (χ2v) is 1.78. The largest absolute Gasteiger partial charge is 0.368 e. The third-order valence-electron chi connectivity index (χ3n) is 0.610. The fourth-order valence-electron chi connectivity index (χ4n) is 0.305. The van der Waals surface area contributed by atoms with E-state index in [1.54, 1.807) is 18.8 Å². The van der Waals surface area contributed by atoms with E-state index in [2.05, 4.69) is 10.3 Å². The highest BCUT2D eigenvalue weighted by atomic mass is 32.2. The molecule has 2 nitrogen and oxygen atoms in total. The molecule has 0 radical (unpaired) electrons. The smallest absolute Gasteiger partial charge is 0.155 e. The van der Waals surface area contributed by atoms with Gasteiger partial charge in [-0.25, -0.2) is 0 Å². The molecule has 0 saturated heterocycles. The highest BCUT2D eigenvalue weighted by Crippen LogP contribution is 1.90. The van der Waals surface area contributed by atoms with E-state index in [9.17, 15) is 0 Å². The molecule has 0 unspecified atom stereocenters. The summed E-state index contributed by atoms with van der Waals surface area (Å²) < 4.78 is 0. The first kappa shape index (κ1) is 6.82. The Hall–Kier alpha value is -0.180. The predicted molar refractivity (Wildman–Crippen MR) is 35.9 cm³/mol. The van der Waals surface area contributed by atoms with Crippen LogP contribution in [0.1, 0.15) is 0 Å². The monoisotopic (exact) mass is 118 g/mol. The molecular weight excluding hydrogens is 108 g/mol. The van der Waals surface area contributed by atoms with Crippen molar-refractivity contribution in [2.75, 3.05) is 20.4 Å². The maximum Gasteiger partial charge on any atom is 0.155 e. The number of rotatable bonds is 0. The maximum atomic E-state index is 3.89. The summed E-state index contributed by atoms with van der Waals surface area (Å²) >= 11 is 1.61. The Bertz CT molecular complexity index is 64.1. The van der Waals surface area contributed by atoms with Gasteiger partial charge >= 0.3 is 0 Å². The Balaban J connectivity index is 3.38. The molecule has 0 heterocycles. The summed E-state index contributed by atoms with van der Waals surface area (Å²) in [6, 6.07) is 0. The lowest BCUT2D eigenvalue weighted by Gasteiger charge is -1.95. The molecule has 0 aliphatic heterocycles. The highest BCUT2D eigenvalue weighted by Gasteiger charge is 1.83. The molecule has 0 aromatic carbocycles. The number of hydrogen-bond donors (Lipinski definition) is 1. The van der Waals surface area contributed by atoms with Gasteiger partial charge in [-0.05, 0) is 6.26 Å². The molecule has 0 amide bonds. The van der Waals surface area contributed by atoms with E-state index >= 15 is 0 Å².